The number of imidazole rings is 1. The summed E-state index contributed by atoms with van der Waals surface area (Å²) in [6, 6.07) is 6.26. The Balaban J connectivity index is 2.27. The van der Waals surface area contributed by atoms with E-state index >= 15 is 0 Å². The predicted molar refractivity (Wildman–Crippen MR) is 56.0 cm³/mol. The van der Waals surface area contributed by atoms with Crippen LogP contribution in [0.2, 0.25) is 0 Å². The number of azide groups is 1. The molecule has 0 aliphatic heterocycles. The van der Waals surface area contributed by atoms with Crippen LogP contribution in [-0.2, 0) is 6.42 Å². The Bertz CT molecular complexity index is 542. The van der Waals surface area contributed by atoms with Crippen molar-refractivity contribution >= 4 is 0 Å². The van der Waals surface area contributed by atoms with Crippen LogP contribution in [0.5, 0.6) is 0 Å². The van der Waals surface area contributed by atoms with E-state index in [1.165, 1.54) is 23.1 Å². The molecule has 1 aromatic carbocycles. The van der Waals surface area contributed by atoms with Gasteiger partial charge in [-0.3, -0.25) is 0 Å². The third-order valence-electron chi connectivity index (χ3n) is 2.10. The van der Waals surface area contributed by atoms with Gasteiger partial charge in [-0.25, -0.2) is 9.37 Å². The number of hydrogen-bond donors (Lipinski definition) is 0. The maximum absolute atomic E-state index is 12.9. The Morgan fingerprint density at radius 3 is 3.12 bits per heavy atom. The lowest BCUT2D eigenvalue weighted by Gasteiger charge is -1.99. The number of rotatable bonds is 3. The Kier molecular flexibility index (Phi) is 2.84. The molecule has 2 aromatic rings. The summed E-state index contributed by atoms with van der Waals surface area (Å²) in [4.78, 5) is 6.54. The molecule has 0 fully saturated rings. The van der Waals surface area contributed by atoms with E-state index < -0.39 is 0 Å². The van der Waals surface area contributed by atoms with Gasteiger partial charge in [-0.05, 0) is 22.9 Å². The molecule has 0 aliphatic carbocycles. The summed E-state index contributed by atoms with van der Waals surface area (Å²) >= 11 is 0. The second-order valence-electron chi connectivity index (χ2n) is 3.22. The van der Waals surface area contributed by atoms with Gasteiger partial charge in [-0.15, -0.1) is 5.53 Å². The molecule has 0 aliphatic rings. The van der Waals surface area contributed by atoms with Crippen molar-refractivity contribution < 1.29 is 4.39 Å². The summed E-state index contributed by atoms with van der Waals surface area (Å²) < 4.78 is 14.3. The highest BCUT2D eigenvalue weighted by molar-refractivity contribution is 5.21. The summed E-state index contributed by atoms with van der Waals surface area (Å²) in [5.74, 6) is -0.285. The predicted octanol–water partition coefficient (Wildman–Crippen LogP) is 2.69. The second kappa shape index (κ2) is 4.46. The van der Waals surface area contributed by atoms with Gasteiger partial charge in [0.2, 0.25) is 0 Å². The average Bonchev–Trinajstić information content (AvgIpc) is 2.66. The van der Waals surface area contributed by atoms with E-state index in [4.69, 9.17) is 5.53 Å². The molecule has 0 unspecified atom stereocenters. The molecular formula is C10H8FN5. The first kappa shape index (κ1) is 10.2. The molecule has 0 bridgehead atoms. The number of nitrogens with zero attached hydrogens (tertiary/aromatic N) is 5. The van der Waals surface area contributed by atoms with Crippen molar-refractivity contribution in [2.75, 3.05) is 0 Å². The van der Waals surface area contributed by atoms with Crippen molar-refractivity contribution in [3.63, 3.8) is 0 Å². The fourth-order valence-corrected chi connectivity index (χ4v) is 1.42. The van der Waals surface area contributed by atoms with Crippen LogP contribution in [0, 0.1) is 5.82 Å². The molecule has 0 N–H and O–H groups in total. The third kappa shape index (κ3) is 2.18. The molecule has 6 heteroatoms. The molecule has 0 radical (unpaired) electrons. The smallest absolute Gasteiger partial charge is 0.191 e. The van der Waals surface area contributed by atoms with Crippen molar-refractivity contribution in [3.05, 3.63) is 64.3 Å². The van der Waals surface area contributed by atoms with Gasteiger partial charge in [0.25, 0.3) is 0 Å². The Morgan fingerprint density at radius 2 is 2.38 bits per heavy atom. The van der Waals surface area contributed by atoms with Crippen molar-refractivity contribution in [1.29, 1.82) is 0 Å². The van der Waals surface area contributed by atoms with Crippen LogP contribution in [-0.4, -0.2) is 9.66 Å². The monoisotopic (exact) mass is 217 g/mol. The second-order valence-corrected chi connectivity index (χ2v) is 3.22. The van der Waals surface area contributed by atoms with Gasteiger partial charge < -0.3 is 0 Å². The normalized spacial score (nSPS) is 9.81. The lowest BCUT2D eigenvalue weighted by Crippen LogP contribution is -1.95. The van der Waals surface area contributed by atoms with Crippen LogP contribution >= 0.6 is 0 Å². The number of hydrogen-bond acceptors (Lipinski definition) is 2. The molecule has 0 atom stereocenters. The number of halogens is 1. The van der Waals surface area contributed by atoms with Gasteiger partial charge in [0.15, 0.2) is 6.33 Å². The van der Waals surface area contributed by atoms with E-state index in [1.807, 2.05) is 0 Å². The van der Waals surface area contributed by atoms with E-state index in [2.05, 4.69) is 15.1 Å². The molecule has 80 valence electrons. The van der Waals surface area contributed by atoms with Crippen LogP contribution in [0.3, 0.4) is 0 Å². The van der Waals surface area contributed by atoms with E-state index in [-0.39, 0.29) is 5.82 Å². The summed E-state index contributed by atoms with van der Waals surface area (Å²) in [5, 5.41) is 3.43. The zero-order chi connectivity index (χ0) is 11.4. The molecule has 16 heavy (non-hydrogen) atoms. The Labute approximate surface area is 90.8 Å². The van der Waals surface area contributed by atoms with Gasteiger partial charge >= 0.3 is 0 Å². The van der Waals surface area contributed by atoms with E-state index in [0.29, 0.717) is 12.1 Å². The first-order valence-electron chi connectivity index (χ1n) is 4.60. The van der Waals surface area contributed by atoms with Crippen molar-refractivity contribution in [3.8, 4) is 0 Å². The fourth-order valence-electron chi connectivity index (χ4n) is 1.42. The van der Waals surface area contributed by atoms with Crippen LogP contribution in [0.4, 0.5) is 4.39 Å². The summed E-state index contributed by atoms with van der Waals surface area (Å²) in [5.41, 5.74) is 9.83. The van der Waals surface area contributed by atoms with Crippen LogP contribution in [0.25, 0.3) is 10.4 Å². The summed E-state index contributed by atoms with van der Waals surface area (Å²) in [6.45, 7) is 0. The zero-order valence-corrected chi connectivity index (χ0v) is 8.29. The Morgan fingerprint density at radius 1 is 1.50 bits per heavy atom. The minimum Gasteiger partial charge on any atom is -0.220 e. The first-order valence-corrected chi connectivity index (χ1v) is 4.60. The highest BCUT2D eigenvalue weighted by Crippen LogP contribution is 2.10. The maximum atomic E-state index is 12.9. The minimum atomic E-state index is -0.285. The average molecular weight is 217 g/mol. The van der Waals surface area contributed by atoms with Crippen molar-refractivity contribution in [2.45, 2.75) is 6.42 Å². The molecule has 0 saturated carbocycles. The molecule has 5 nitrogen and oxygen atoms in total. The van der Waals surface area contributed by atoms with E-state index in [1.54, 1.807) is 18.3 Å². The number of aromatic nitrogens is 2. The lowest BCUT2D eigenvalue weighted by atomic mass is 10.1. The van der Waals surface area contributed by atoms with Gasteiger partial charge in [0.05, 0.1) is 6.20 Å². The summed E-state index contributed by atoms with van der Waals surface area (Å²) in [6.07, 6.45) is 3.46. The van der Waals surface area contributed by atoms with Crippen molar-refractivity contribution in [1.82, 2.24) is 9.66 Å². The highest BCUT2D eigenvalue weighted by atomic mass is 19.1. The molecule has 0 saturated heterocycles. The van der Waals surface area contributed by atoms with E-state index in [9.17, 15) is 4.39 Å². The minimum absolute atomic E-state index is 0.285. The number of benzene rings is 1. The van der Waals surface area contributed by atoms with E-state index in [0.717, 1.165) is 5.56 Å². The summed E-state index contributed by atoms with van der Waals surface area (Å²) in [7, 11) is 0. The largest absolute Gasteiger partial charge is 0.220 e. The molecule has 0 spiro atoms. The van der Waals surface area contributed by atoms with Crippen LogP contribution in [0.1, 0.15) is 11.3 Å². The van der Waals surface area contributed by atoms with Gasteiger partial charge in [0.1, 0.15) is 11.5 Å². The van der Waals surface area contributed by atoms with Crippen molar-refractivity contribution in [2.24, 2.45) is 5.22 Å². The molecule has 2 rings (SSSR count). The Hall–Kier alpha value is -2.33. The first-order chi connectivity index (χ1) is 7.79. The van der Waals surface area contributed by atoms with Gasteiger partial charge in [-0.2, -0.15) is 9.59 Å². The SMILES string of the molecule is [N-]=[N+]=Nn1cncc1Cc1cccc(F)c1. The molecular weight excluding hydrogens is 209 g/mol. The third-order valence-corrected chi connectivity index (χ3v) is 2.10. The fraction of sp³-hybridized carbons (Fsp3) is 0.100. The molecule has 0 amide bonds. The quantitative estimate of drug-likeness (QED) is 0.442. The maximum Gasteiger partial charge on any atom is 0.191 e. The zero-order valence-electron chi connectivity index (χ0n) is 8.29. The van der Waals surface area contributed by atoms with Gasteiger partial charge in [0, 0.05) is 6.42 Å². The standard InChI is InChI=1S/C10H8FN5/c11-9-3-1-2-8(4-9)5-10-6-13-7-16(10)15-14-12/h1-4,6-7H,5H2. The molecule has 1 aromatic heterocycles. The van der Waals surface area contributed by atoms with Gasteiger partial charge in [-0.1, -0.05) is 12.1 Å². The highest BCUT2D eigenvalue weighted by Gasteiger charge is 2.06. The molecule has 1 heterocycles. The van der Waals surface area contributed by atoms with Crippen LogP contribution < -0.4 is 0 Å². The topological polar surface area (TPSA) is 66.6 Å². The lowest BCUT2D eigenvalue weighted by molar-refractivity contribution is 0.625. The van der Waals surface area contributed by atoms with Crippen LogP contribution in [0.15, 0.2) is 42.0 Å².